The molecule has 0 spiro atoms. The highest BCUT2D eigenvalue weighted by Gasteiger charge is 2.39. The van der Waals surface area contributed by atoms with Crippen LogP contribution in [0.5, 0.6) is 0 Å². The number of aliphatic carboxylic acids is 2. The number of imide groups is 1. The average Bonchev–Trinajstić information content (AvgIpc) is 2.40. The second kappa shape index (κ2) is 9.74. The van der Waals surface area contributed by atoms with Gasteiger partial charge in [0, 0.05) is 6.42 Å². The van der Waals surface area contributed by atoms with Gasteiger partial charge in [-0.15, -0.1) is 0 Å². The van der Waals surface area contributed by atoms with E-state index in [2.05, 4.69) is 0 Å². The molecule has 9 nitrogen and oxygen atoms in total. The second-order valence-electron chi connectivity index (χ2n) is 6.10. The maximum atomic E-state index is 12.2. The van der Waals surface area contributed by atoms with E-state index in [1.807, 2.05) is 6.92 Å². The summed E-state index contributed by atoms with van der Waals surface area (Å²) in [6.07, 6.45) is -2.06. The number of amides is 2. The van der Waals surface area contributed by atoms with Gasteiger partial charge in [-0.2, -0.15) is 4.90 Å². The lowest BCUT2D eigenvalue weighted by Gasteiger charge is -2.29. The minimum absolute atomic E-state index is 0.0138. The van der Waals surface area contributed by atoms with Gasteiger partial charge in [-0.25, -0.2) is 14.4 Å². The number of carbonyl (C=O) groups excluding carboxylic acids is 2. The smallest absolute Gasteiger partial charge is 0.420 e. The Bertz CT molecular complexity index is 469. The normalized spacial score (nSPS) is 12.2. The molecular weight excluding hydrogens is 322 g/mol. The van der Waals surface area contributed by atoms with Crippen LogP contribution in [0.2, 0.25) is 0 Å². The summed E-state index contributed by atoms with van der Waals surface area (Å²) in [5.41, 5.74) is -0.963. The van der Waals surface area contributed by atoms with Crippen LogP contribution in [0.1, 0.15) is 53.4 Å². The van der Waals surface area contributed by atoms with E-state index in [4.69, 9.17) is 14.6 Å². The highest BCUT2D eigenvalue weighted by molar-refractivity contribution is 5.93. The van der Waals surface area contributed by atoms with Crippen LogP contribution < -0.4 is 0 Å². The predicted octanol–water partition coefficient (Wildman–Crippen LogP) is 2.48. The summed E-state index contributed by atoms with van der Waals surface area (Å²) >= 11 is 0. The van der Waals surface area contributed by atoms with Gasteiger partial charge < -0.3 is 19.7 Å². The highest BCUT2D eigenvalue weighted by atomic mass is 16.6. The van der Waals surface area contributed by atoms with E-state index in [1.54, 1.807) is 20.8 Å². The predicted molar refractivity (Wildman–Crippen MR) is 82.6 cm³/mol. The maximum absolute atomic E-state index is 12.2. The van der Waals surface area contributed by atoms with E-state index in [0.29, 0.717) is 11.3 Å². The third-order valence-corrected chi connectivity index (χ3v) is 2.74. The van der Waals surface area contributed by atoms with E-state index >= 15 is 0 Å². The van der Waals surface area contributed by atoms with Crippen molar-refractivity contribution >= 4 is 24.1 Å². The van der Waals surface area contributed by atoms with Gasteiger partial charge in [0.15, 0.2) is 0 Å². The zero-order valence-electron chi connectivity index (χ0n) is 14.4. The van der Waals surface area contributed by atoms with Gasteiger partial charge in [-0.3, -0.25) is 4.79 Å². The average molecular weight is 347 g/mol. The van der Waals surface area contributed by atoms with Crippen molar-refractivity contribution in [1.29, 1.82) is 0 Å². The first-order chi connectivity index (χ1) is 11.0. The standard InChI is InChI=1S/C15H25NO8/c1-5-6-9-23-13(21)16(14(22)24-15(2,3)4)10(12(19)20)7-8-11(17)18/h10H,5-9H2,1-4H3,(H,17,18)(H,19,20)/t10-/m0/s1. The molecule has 0 aromatic carbocycles. The molecule has 0 bridgehead atoms. The largest absolute Gasteiger partial charge is 0.481 e. The molecular formula is C15H25NO8. The zero-order chi connectivity index (χ0) is 18.9. The van der Waals surface area contributed by atoms with Gasteiger partial charge in [0.2, 0.25) is 0 Å². The minimum atomic E-state index is -1.69. The van der Waals surface area contributed by atoms with E-state index < -0.39 is 48.6 Å². The molecule has 0 saturated heterocycles. The van der Waals surface area contributed by atoms with E-state index in [-0.39, 0.29) is 6.61 Å². The number of unbranched alkanes of at least 4 members (excludes halogenated alkanes) is 1. The molecule has 0 aliphatic heterocycles. The van der Waals surface area contributed by atoms with Crippen LogP contribution in [-0.2, 0) is 19.1 Å². The molecule has 0 fully saturated rings. The van der Waals surface area contributed by atoms with Crippen molar-refractivity contribution in [3.8, 4) is 0 Å². The Hall–Kier alpha value is -2.32. The first-order valence-electron chi connectivity index (χ1n) is 7.63. The fourth-order valence-corrected chi connectivity index (χ4v) is 1.64. The van der Waals surface area contributed by atoms with Crippen LogP contribution in [0.25, 0.3) is 0 Å². The van der Waals surface area contributed by atoms with E-state index in [9.17, 15) is 24.3 Å². The summed E-state index contributed by atoms with van der Waals surface area (Å²) in [7, 11) is 0. The van der Waals surface area contributed by atoms with Crippen molar-refractivity contribution in [3.63, 3.8) is 0 Å². The van der Waals surface area contributed by atoms with Crippen molar-refractivity contribution < 1.29 is 38.9 Å². The summed E-state index contributed by atoms with van der Waals surface area (Å²) in [5.74, 6) is -2.76. The highest BCUT2D eigenvalue weighted by Crippen LogP contribution is 2.16. The van der Waals surface area contributed by atoms with E-state index in [1.165, 1.54) is 0 Å². The Labute approximate surface area is 140 Å². The zero-order valence-corrected chi connectivity index (χ0v) is 14.4. The molecule has 0 aliphatic rings. The summed E-state index contributed by atoms with van der Waals surface area (Å²) in [6.45, 7) is 6.54. The van der Waals surface area contributed by atoms with Gasteiger partial charge in [0.25, 0.3) is 0 Å². The summed E-state index contributed by atoms with van der Waals surface area (Å²) in [4.78, 5) is 46.8. The monoisotopic (exact) mass is 347 g/mol. The van der Waals surface area contributed by atoms with Crippen LogP contribution in [0.15, 0.2) is 0 Å². The molecule has 2 amide bonds. The van der Waals surface area contributed by atoms with Crippen LogP contribution in [-0.4, -0.2) is 57.5 Å². The number of carbonyl (C=O) groups is 4. The van der Waals surface area contributed by atoms with Crippen molar-refractivity contribution in [2.24, 2.45) is 0 Å². The van der Waals surface area contributed by atoms with Crippen molar-refractivity contribution in [1.82, 2.24) is 4.90 Å². The van der Waals surface area contributed by atoms with Crippen molar-refractivity contribution in [3.05, 3.63) is 0 Å². The molecule has 0 heterocycles. The molecule has 0 aliphatic carbocycles. The summed E-state index contributed by atoms with van der Waals surface area (Å²) in [6, 6.07) is -1.69. The van der Waals surface area contributed by atoms with Crippen molar-refractivity contribution in [2.45, 2.75) is 65.0 Å². The molecule has 0 radical (unpaired) electrons. The Kier molecular flexibility index (Phi) is 8.80. The number of carboxylic acids is 2. The molecule has 0 aromatic rings. The first kappa shape index (κ1) is 21.7. The third-order valence-electron chi connectivity index (χ3n) is 2.74. The number of ether oxygens (including phenoxy) is 2. The molecule has 0 aromatic heterocycles. The van der Waals surface area contributed by atoms with Gasteiger partial charge in [-0.1, -0.05) is 13.3 Å². The molecule has 0 saturated carbocycles. The third kappa shape index (κ3) is 8.35. The Morgan fingerprint density at radius 3 is 2.08 bits per heavy atom. The molecule has 0 rings (SSSR count). The Balaban J connectivity index is 5.37. The lowest BCUT2D eigenvalue weighted by molar-refractivity contribution is -0.144. The number of carboxylic acid groups (broad SMARTS) is 2. The number of hydrogen-bond donors (Lipinski definition) is 2. The number of rotatable bonds is 8. The Morgan fingerprint density at radius 2 is 1.67 bits per heavy atom. The topological polar surface area (TPSA) is 130 Å². The lowest BCUT2D eigenvalue weighted by atomic mass is 10.1. The molecule has 2 N–H and O–H groups in total. The lowest BCUT2D eigenvalue weighted by Crippen LogP contribution is -2.50. The fraction of sp³-hybridized carbons (Fsp3) is 0.733. The summed E-state index contributed by atoms with van der Waals surface area (Å²) in [5, 5.41) is 18.0. The SMILES string of the molecule is CCCCOC(=O)N(C(=O)OC(C)(C)C)[C@@H](CCC(=O)O)C(=O)O. The van der Waals surface area contributed by atoms with Crippen LogP contribution in [0, 0.1) is 0 Å². The quantitative estimate of drug-likeness (QED) is 0.640. The minimum Gasteiger partial charge on any atom is -0.481 e. The Morgan fingerprint density at radius 1 is 1.08 bits per heavy atom. The van der Waals surface area contributed by atoms with Crippen LogP contribution >= 0.6 is 0 Å². The molecule has 1 atom stereocenters. The second-order valence-corrected chi connectivity index (χ2v) is 6.10. The first-order valence-corrected chi connectivity index (χ1v) is 7.63. The molecule has 24 heavy (non-hydrogen) atoms. The van der Waals surface area contributed by atoms with Crippen LogP contribution in [0.4, 0.5) is 9.59 Å². The van der Waals surface area contributed by atoms with Crippen LogP contribution in [0.3, 0.4) is 0 Å². The number of nitrogens with zero attached hydrogens (tertiary/aromatic N) is 1. The molecule has 0 unspecified atom stereocenters. The van der Waals surface area contributed by atoms with Crippen molar-refractivity contribution in [2.75, 3.05) is 6.61 Å². The maximum Gasteiger partial charge on any atom is 0.420 e. The van der Waals surface area contributed by atoms with Gasteiger partial charge in [0.05, 0.1) is 6.61 Å². The van der Waals surface area contributed by atoms with Gasteiger partial charge in [0.1, 0.15) is 11.6 Å². The fourth-order valence-electron chi connectivity index (χ4n) is 1.64. The molecule has 9 heteroatoms. The number of hydrogen-bond acceptors (Lipinski definition) is 6. The van der Waals surface area contributed by atoms with E-state index in [0.717, 1.165) is 6.42 Å². The van der Waals surface area contributed by atoms with Gasteiger partial charge in [-0.05, 0) is 33.6 Å². The summed E-state index contributed by atoms with van der Waals surface area (Å²) < 4.78 is 9.93. The van der Waals surface area contributed by atoms with Gasteiger partial charge >= 0.3 is 24.1 Å². The molecule has 138 valence electrons.